The van der Waals surface area contributed by atoms with E-state index in [1.54, 1.807) is 28.8 Å². The minimum atomic E-state index is -3.28. The second-order valence-electron chi connectivity index (χ2n) is 5.37. The Bertz CT molecular complexity index is 763. The molecule has 3 rings (SSSR count). The average molecular weight is 357 g/mol. The fraction of sp³-hybridized carbons (Fsp3) is 0.385. The van der Waals surface area contributed by atoms with Crippen LogP contribution in [0.15, 0.2) is 28.0 Å². The van der Waals surface area contributed by atoms with Crippen LogP contribution in [0.3, 0.4) is 0 Å². The van der Waals surface area contributed by atoms with E-state index in [0.717, 1.165) is 16.3 Å². The van der Waals surface area contributed by atoms with Crippen LogP contribution < -0.4 is 10.6 Å². The standard InChI is InChI=1S/C13H15N3O3S3/c1-22(18,19)9-2-3-11-10(4-9)16-8(7-21-11)5-15(13(16)20)6-12(14)17/h2-4,8H,5-7H2,1H3,(H2,14,17). The Morgan fingerprint density at radius 3 is 2.86 bits per heavy atom. The fourth-order valence-electron chi connectivity index (χ4n) is 2.69. The van der Waals surface area contributed by atoms with Crippen molar-refractivity contribution in [3.8, 4) is 0 Å². The van der Waals surface area contributed by atoms with E-state index in [1.165, 1.54) is 6.26 Å². The van der Waals surface area contributed by atoms with E-state index in [2.05, 4.69) is 0 Å². The molecule has 1 aromatic rings. The summed E-state index contributed by atoms with van der Waals surface area (Å²) in [6.45, 7) is 0.703. The Morgan fingerprint density at radius 1 is 1.50 bits per heavy atom. The number of carbonyl (C=O) groups is 1. The molecular weight excluding hydrogens is 342 g/mol. The number of benzene rings is 1. The minimum absolute atomic E-state index is 0.0810. The monoisotopic (exact) mass is 357 g/mol. The second-order valence-corrected chi connectivity index (χ2v) is 8.81. The van der Waals surface area contributed by atoms with Gasteiger partial charge in [-0.25, -0.2) is 8.42 Å². The van der Waals surface area contributed by atoms with Crippen molar-refractivity contribution in [1.82, 2.24) is 4.90 Å². The summed E-state index contributed by atoms with van der Waals surface area (Å²) in [5.74, 6) is 0.403. The van der Waals surface area contributed by atoms with Crippen molar-refractivity contribution in [3.05, 3.63) is 18.2 Å². The second kappa shape index (κ2) is 5.39. The van der Waals surface area contributed by atoms with Gasteiger partial charge in [-0.05, 0) is 30.4 Å². The molecule has 0 saturated carbocycles. The Morgan fingerprint density at radius 2 is 2.23 bits per heavy atom. The lowest BCUT2D eigenvalue weighted by atomic mass is 10.2. The summed E-state index contributed by atoms with van der Waals surface area (Å²) in [4.78, 5) is 16.1. The lowest BCUT2D eigenvalue weighted by Gasteiger charge is -2.31. The zero-order valence-electron chi connectivity index (χ0n) is 11.9. The van der Waals surface area contributed by atoms with Crippen LogP contribution in [0.4, 0.5) is 5.69 Å². The normalized spacial score (nSPS) is 20.8. The van der Waals surface area contributed by atoms with Gasteiger partial charge in [0.1, 0.15) is 0 Å². The van der Waals surface area contributed by atoms with Crippen LogP contribution in [0, 0.1) is 0 Å². The molecule has 1 atom stereocenters. The van der Waals surface area contributed by atoms with E-state index in [0.29, 0.717) is 11.7 Å². The van der Waals surface area contributed by atoms with Gasteiger partial charge in [0.2, 0.25) is 5.91 Å². The number of thiocarbonyl (C=S) groups is 1. The predicted octanol–water partition coefficient (Wildman–Crippen LogP) is 0.457. The lowest BCUT2D eigenvalue weighted by molar-refractivity contribution is -0.118. The predicted molar refractivity (Wildman–Crippen MR) is 89.9 cm³/mol. The summed E-state index contributed by atoms with van der Waals surface area (Å²) in [7, 11) is -3.28. The molecule has 2 N–H and O–H groups in total. The average Bonchev–Trinajstić information content (AvgIpc) is 2.73. The van der Waals surface area contributed by atoms with Gasteiger partial charge in [-0.15, -0.1) is 11.8 Å². The molecule has 0 aromatic heterocycles. The topological polar surface area (TPSA) is 83.7 Å². The number of rotatable bonds is 3. The van der Waals surface area contributed by atoms with Crippen molar-refractivity contribution in [3.63, 3.8) is 0 Å². The smallest absolute Gasteiger partial charge is 0.237 e. The number of hydrogen-bond acceptors (Lipinski definition) is 5. The molecule has 1 saturated heterocycles. The van der Waals surface area contributed by atoms with Gasteiger partial charge in [0.25, 0.3) is 0 Å². The van der Waals surface area contributed by atoms with E-state index in [-0.39, 0.29) is 17.5 Å². The van der Waals surface area contributed by atoms with Crippen LogP contribution in [0.2, 0.25) is 0 Å². The Balaban J connectivity index is 2.01. The molecule has 1 aromatic carbocycles. The van der Waals surface area contributed by atoms with Gasteiger partial charge in [0.15, 0.2) is 14.9 Å². The molecule has 0 spiro atoms. The number of carbonyl (C=O) groups excluding carboxylic acids is 1. The third kappa shape index (κ3) is 2.68. The van der Waals surface area contributed by atoms with E-state index >= 15 is 0 Å². The number of thioether (sulfide) groups is 1. The highest BCUT2D eigenvalue weighted by molar-refractivity contribution is 7.99. The molecule has 0 bridgehead atoms. The molecule has 6 nitrogen and oxygen atoms in total. The summed E-state index contributed by atoms with van der Waals surface area (Å²) in [6, 6.07) is 5.21. The molecule has 0 radical (unpaired) electrons. The summed E-state index contributed by atoms with van der Waals surface area (Å²) in [6.07, 6.45) is 1.18. The molecule has 118 valence electrons. The summed E-state index contributed by atoms with van der Waals surface area (Å²) in [5, 5.41) is 0.524. The highest BCUT2D eigenvalue weighted by atomic mass is 32.2. The molecular formula is C13H15N3O3S3. The van der Waals surface area contributed by atoms with Gasteiger partial charge in [-0.1, -0.05) is 0 Å². The van der Waals surface area contributed by atoms with Gasteiger partial charge in [0, 0.05) is 23.4 Å². The number of amides is 1. The molecule has 2 heterocycles. The van der Waals surface area contributed by atoms with Crippen LogP contribution >= 0.6 is 24.0 Å². The number of anilines is 1. The number of nitrogens with two attached hydrogens (primary N) is 1. The fourth-order valence-corrected chi connectivity index (χ4v) is 4.82. The van der Waals surface area contributed by atoms with Crippen molar-refractivity contribution in [2.75, 3.05) is 30.0 Å². The highest BCUT2D eigenvalue weighted by Gasteiger charge is 2.39. The molecule has 0 aliphatic carbocycles. The lowest BCUT2D eigenvalue weighted by Crippen LogP contribution is -2.39. The van der Waals surface area contributed by atoms with Crippen molar-refractivity contribution in [2.24, 2.45) is 5.73 Å². The van der Waals surface area contributed by atoms with Crippen LogP contribution in [-0.2, 0) is 14.6 Å². The SMILES string of the molecule is CS(=O)(=O)c1ccc2c(c1)N1C(=S)N(CC(N)=O)CC1CS2. The summed E-state index contributed by atoms with van der Waals surface area (Å²) >= 11 is 7.12. The van der Waals surface area contributed by atoms with Crippen LogP contribution in [-0.4, -0.2) is 55.5 Å². The molecule has 2 aliphatic heterocycles. The Labute approximate surface area is 138 Å². The maximum Gasteiger partial charge on any atom is 0.237 e. The van der Waals surface area contributed by atoms with E-state index in [9.17, 15) is 13.2 Å². The third-order valence-electron chi connectivity index (χ3n) is 3.67. The largest absolute Gasteiger partial charge is 0.368 e. The van der Waals surface area contributed by atoms with Crippen LogP contribution in [0.1, 0.15) is 0 Å². The van der Waals surface area contributed by atoms with Crippen LogP contribution in [0.5, 0.6) is 0 Å². The van der Waals surface area contributed by atoms with Crippen LogP contribution in [0.25, 0.3) is 0 Å². The summed E-state index contributed by atoms with van der Waals surface area (Å²) < 4.78 is 23.5. The van der Waals surface area contributed by atoms with E-state index in [4.69, 9.17) is 18.0 Å². The van der Waals surface area contributed by atoms with Gasteiger partial charge in [0.05, 0.1) is 23.2 Å². The van der Waals surface area contributed by atoms with Crippen molar-refractivity contribution in [1.29, 1.82) is 0 Å². The van der Waals surface area contributed by atoms with Crippen molar-refractivity contribution >= 4 is 50.5 Å². The number of sulfone groups is 1. The number of fused-ring (bicyclic) bond motifs is 3. The number of primary amides is 1. The first-order valence-corrected chi connectivity index (χ1v) is 9.89. The zero-order chi connectivity index (χ0) is 16.1. The minimum Gasteiger partial charge on any atom is -0.368 e. The number of nitrogens with zero attached hydrogens (tertiary/aromatic N) is 2. The Kier molecular flexibility index (Phi) is 3.82. The zero-order valence-corrected chi connectivity index (χ0v) is 14.3. The maximum absolute atomic E-state index is 11.8. The molecule has 9 heteroatoms. The molecule has 2 aliphatic rings. The van der Waals surface area contributed by atoms with Crippen molar-refractivity contribution in [2.45, 2.75) is 15.8 Å². The van der Waals surface area contributed by atoms with Gasteiger partial charge >= 0.3 is 0 Å². The van der Waals surface area contributed by atoms with Crippen molar-refractivity contribution < 1.29 is 13.2 Å². The summed E-state index contributed by atoms with van der Waals surface area (Å²) in [5.41, 5.74) is 6.05. The van der Waals surface area contributed by atoms with Gasteiger partial charge in [-0.2, -0.15) is 0 Å². The third-order valence-corrected chi connectivity index (χ3v) is 6.44. The molecule has 22 heavy (non-hydrogen) atoms. The molecule has 1 amide bonds. The number of hydrogen-bond donors (Lipinski definition) is 1. The Hall–Kier alpha value is -1.32. The maximum atomic E-state index is 11.8. The van der Waals surface area contributed by atoms with Gasteiger partial charge < -0.3 is 15.5 Å². The quantitative estimate of drug-likeness (QED) is 0.787. The first-order chi connectivity index (χ1) is 10.3. The highest BCUT2D eigenvalue weighted by Crippen LogP contribution is 2.41. The van der Waals surface area contributed by atoms with Gasteiger partial charge in [-0.3, -0.25) is 4.79 Å². The first kappa shape index (κ1) is 15.6. The van der Waals surface area contributed by atoms with E-state index in [1.807, 2.05) is 11.0 Å². The first-order valence-electron chi connectivity index (χ1n) is 6.60. The molecule has 1 unspecified atom stereocenters. The molecule has 1 fully saturated rings. The van der Waals surface area contributed by atoms with E-state index < -0.39 is 15.7 Å².